The van der Waals surface area contributed by atoms with E-state index in [9.17, 15) is 9.59 Å². The predicted molar refractivity (Wildman–Crippen MR) is 120 cm³/mol. The number of piperidine rings is 1. The summed E-state index contributed by atoms with van der Waals surface area (Å²) in [6.45, 7) is 6.95. The van der Waals surface area contributed by atoms with Crippen molar-refractivity contribution in [1.82, 2.24) is 24.6 Å². The maximum atomic E-state index is 13.0. The number of carbonyl (C=O) groups is 1. The van der Waals surface area contributed by atoms with E-state index < -0.39 is 6.04 Å². The van der Waals surface area contributed by atoms with Gasteiger partial charge in [0.1, 0.15) is 11.6 Å². The lowest BCUT2D eigenvalue weighted by atomic mass is 10.0. The van der Waals surface area contributed by atoms with Crippen LogP contribution in [0, 0.1) is 0 Å². The standard InChI is InChI=1S/C23H31N5O2/c1-16-9-6-7-13-27(16)14-8-12-24-22(29)17(2)28-20-11-5-4-10-18(20)19-15-25-26(3)23(30)21(19)28/h4-5,10-11,15-17H,6-9,12-14H2,1-3H3,(H,24,29)/t16-,17-/m0/s1. The molecule has 2 atom stereocenters. The summed E-state index contributed by atoms with van der Waals surface area (Å²) in [6, 6.07) is 7.94. The molecule has 7 nitrogen and oxygen atoms in total. The van der Waals surface area contributed by atoms with E-state index in [-0.39, 0.29) is 11.5 Å². The molecule has 7 heteroatoms. The molecule has 0 bridgehead atoms. The van der Waals surface area contributed by atoms with Crippen LogP contribution in [0.15, 0.2) is 35.3 Å². The minimum absolute atomic E-state index is 0.0665. The number of benzene rings is 1. The van der Waals surface area contributed by atoms with Gasteiger partial charge in [0.25, 0.3) is 5.56 Å². The molecular weight excluding hydrogens is 378 g/mol. The Hall–Kier alpha value is -2.67. The molecule has 1 amide bonds. The van der Waals surface area contributed by atoms with Crippen LogP contribution in [0.4, 0.5) is 0 Å². The molecule has 0 aliphatic carbocycles. The largest absolute Gasteiger partial charge is 0.354 e. The van der Waals surface area contributed by atoms with Gasteiger partial charge in [-0.3, -0.25) is 9.59 Å². The van der Waals surface area contributed by atoms with Crippen LogP contribution in [-0.2, 0) is 11.8 Å². The van der Waals surface area contributed by atoms with Crippen LogP contribution in [0.5, 0.6) is 0 Å². The monoisotopic (exact) mass is 409 g/mol. The highest BCUT2D eigenvalue weighted by Crippen LogP contribution is 2.29. The molecule has 2 aromatic heterocycles. The first-order valence-electron chi connectivity index (χ1n) is 11.0. The summed E-state index contributed by atoms with van der Waals surface area (Å²) in [6.07, 6.45) is 6.49. The number of para-hydroxylation sites is 1. The molecule has 4 rings (SSSR count). The topological polar surface area (TPSA) is 72.2 Å². The van der Waals surface area contributed by atoms with Crippen LogP contribution in [0.25, 0.3) is 21.8 Å². The summed E-state index contributed by atoms with van der Waals surface area (Å²) in [5.74, 6) is -0.0665. The van der Waals surface area contributed by atoms with Crippen LogP contribution >= 0.6 is 0 Å². The molecule has 3 heterocycles. The third-order valence-electron chi connectivity index (χ3n) is 6.43. The van der Waals surface area contributed by atoms with Gasteiger partial charge in [-0.1, -0.05) is 24.6 Å². The number of amides is 1. The minimum atomic E-state index is -0.489. The fraction of sp³-hybridized carbons (Fsp3) is 0.522. The maximum absolute atomic E-state index is 13.0. The molecule has 160 valence electrons. The van der Waals surface area contributed by atoms with Crippen molar-refractivity contribution in [3.8, 4) is 0 Å². The Kier molecular flexibility index (Phi) is 5.90. The van der Waals surface area contributed by atoms with Crippen molar-refractivity contribution in [2.24, 2.45) is 7.05 Å². The van der Waals surface area contributed by atoms with Gasteiger partial charge in [0, 0.05) is 37.0 Å². The average Bonchev–Trinajstić information content (AvgIpc) is 3.09. The van der Waals surface area contributed by atoms with E-state index in [1.165, 1.54) is 23.9 Å². The highest BCUT2D eigenvalue weighted by atomic mass is 16.2. The summed E-state index contributed by atoms with van der Waals surface area (Å²) < 4.78 is 3.18. The second kappa shape index (κ2) is 8.60. The molecule has 30 heavy (non-hydrogen) atoms. The van der Waals surface area contributed by atoms with Crippen LogP contribution < -0.4 is 10.9 Å². The van der Waals surface area contributed by atoms with E-state index >= 15 is 0 Å². The number of aromatic nitrogens is 3. The third kappa shape index (κ3) is 3.74. The van der Waals surface area contributed by atoms with Crippen molar-refractivity contribution < 1.29 is 4.79 Å². The quantitative estimate of drug-likeness (QED) is 0.636. The van der Waals surface area contributed by atoms with Gasteiger partial charge in [-0.05, 0) is 45.7 Å². The van der Waals surface area contributed by atoms with Gasteiger partial charge in [0.05, 0.1) is 11.7 Å². The third-order valence-corrected chi connectivity index (χ3v) is 6.43. The molecule has 0 saturated carbocycles. The van der Waals surface area contributed by atoms with Crippen LogP contribution in [0.1, 0.15) is 45.6 Å². The predicted octanol–water partition coefficient (Wildman–Crippen LogP) is 2.83. The number of nitrogens with zero attached hydrogens (tertiary/aromatic N) is 4. The summed E-state index contributed by atoms with van der Waals surface area (Å²) >= 11 is 0. The van der Waals surface area contributed by atoms with Crippen LogP contribution in [0.3, 0.4) is 0 Å². The van der Waals surface area contributed by atoms with Crippen molar-refractivity contribution in [2.75, 3.05) is 19.6 Å². The number of likely N-dealkylation sites (tertiary alicyclic amines) is 1. The average molecular weight is 410 g/mol. The van der Waals surface area contributed by atoms with Gasteiger partial charge in [-0.25, -0.2) is 4.68 Å². The Morgan fingerprint density at radius 2 is 2.07 bits per heavy atom. The Morgan fingerprint density at radius 3 is 2.87 bits per heavy atom. The van der Waals surface area contributed by atoms with Gasteiger partial charge in [-0.2, -0.15) is 5.10 Å². The second-order valence-corrected chi connectivity index (χ2v) is 8.42. The number of hydrogen-bond donors (Lipinski definition) is 1. The molecule has 1 aromatic carbocycles. The van der Waals surface area contributed by atoms with Crippen LogP contribution in [-0.4, -0.2) is 50.8 Å². The number of rotatable bonds is 6. The van der Waals surface area contributed by atoms with Gasteiger partial charge in [0.15, 0.2) is 0 Å². The SMILES string of the molecule is C[C@H]1CCCCN1CCCNC(=O)[C@H](C)n1c2ccccc2c2cnn(C)c(=O)c21. The molecule has 1 N–H and O–H groups in total. The Morgan fingerprint density at radius 1 is 1.27 bits per heavy atom. The zero-order valence-corrected chi connectivity index (χ0v) is 18.1. The zero-order valence-electron chi connectivity index (χ0n) is 18.1. The summed E-state index contributed by atoms with van der Waals surface area (Å²) in [5.41, 5.74) is 1.21. The fourth-order valence-electron chi connectivity index (χ4n) is 4.64. The summed E-state index contributed by atoms with van der Waals surface area (Å²) in [4.78, 5) is 28.3. The van der Waals surface area contributed by atoms with E-state index in [1.54, 1.807) is 13.2 Å². The molecule has 0 spiro atoms. The van der Waals surface area contributed by atoms with Crippen molar-refractivity contribution in [1.29, 1.82) is 0 Å². The molecule has 3 aromatic rings. The number of nitrogens with one attached hydrogen (secondary N) is 1. The highest BCUT2D eigenvalue weighted by Gasteiger charge is 2.23. The molecule has 1 saturated heterocycles. The number of carbonyl (C=O) groups excluding carboxylic acids is 1. The molecule has 1 aliphatic heterocycles. The van der Waals surface area contributed by atoms with E-state index in [2.05, 4.69) is 22.2 Å². The molecular formula is C23H31N5O2. The first kappa shape index (κ1) is 20.6. The molecule has 0 unspecified atom stereocenters. The molecule has 0 radical (unpaired) electrons. The number of fused-ring (bicyclic) bond motifs is 3. The minimum Gasteiger partial charge on any atom is -0.354 e. The van der Waals surface area contributed by atoms with E-state index in [0.717, 1.165) is 35.8 Å². The Bertz CT molecular complexity index is 1120. The van der Waals surface area contributed by atoms with Crippen molar-refractivity contribution in [3.63, 3.8) is 0 Å². The van der Waals surface area contributed by atoms with Crippen molar-refractivity contribution >= 4 is 27.7 Å². The Balaban J connectivity index is 1.52. The lowest BCUT2D eigenvalue weighted by Gasteiger charge is -2.33. The van der Waals surface area contributed by atoms with Crippen molar-refractivity contribution in [2.45, 2.75) is 51.6 Å². The zero-order chi connectivity index (χ0) is 21.3. The maximum Gasteiger partial charge on any atom is 0.291 e. The first-order chi connectivity index (χ1) is 14.5. The Labute approximate surface area is 176 Å². The van der Waals surface area contributed by atoms with E-state index in [4.69, 9.17) is 0 Å². The smallest absolute Gasteiger partial charge is 0.291 e. The van der Waals surface area contributed by atoms with Gasteiger partial charge >= 0.3 is 0 Å². The van der Waals surface area contributed by atoms with E-state index in [1.807, 2.05) is 35.8 Å². The van der Waals surface area contributed by atoms with Crippen molar-refractivity contribution in [3.05, 3.63) is 40.8 Å². The first-order valence-corrected chi connectivity index (χ1v) is 11.0. The highest BCUT2D eigenvalue weighted by molar-refractivity contribution is 6.08. The van der Waals surface area contributed by atoms with Gasteiger partial charge in [0.2, 0.25) is 5.91 Å². The van der Waals surface area contributed by atoms with Crippen LogP contribution in [0.2, 0.25) is 0 Å². The van der Waals surface area contributed by atoms with E-state index in [0.29, 0.717) is 18.1 Å². The van der Waals surface area contributed by atoms with Gasteiger partial charge in [-0.15, -0.1) is 0 Å². The summed E-state index contributed by atoms with van der Waals surface area (Å²) in [7, 11) is 1.64. The molecule has 1 aliphatic rings. The lowest BCUT2D eigenvalue weighted by Crippen LogP contribution is -2.39. The normalized spacial score (nSPS) is 18.7. The molecule has 1 fully saturated rings. The number of aryl methyl sites for hydroxylation is 1. The number of hydrogen-bond acceptors (Lipinski definition) is 4. The van der Waals surface area contributed by atoms with Gasteiger partial charge < -0.3 is 14.8 Å². The fourth-order valence-corrected chi connectivity index (χ4v) is 4.64. The summed E-state index contributed by atoms with van der Waals surface area (Å²) in [5, 5.41) is 8.97. The second-order valence-electron chi connectivity index (χ2n) is 8.42. The lowest BCUT2D eigenvalue weighted by molar-refractivity contribution is -0.123.